The number of phenols is 2. The molecule has 16 N–H and O–H groups in total. The summed E-state index contributed by atoms with van der Waals surface area (Å²) < 4.78 is 68.9. The Labute approximate surface area is 425 Å². The van der Waals surface area contributed by atoms with Crippen LogP contribution in [0.1, 0.15) is 78.4 Å². The summed E-state index contributed by atoms with van der Waals surface area (Å²) in [7, 11) is 0. The number of nitrogens with zero attached hydrogens (tertiary/aromatic N) is 2. The number of hydrogen-bond acceptors (Lipinski definition) is 13. The lowest BCUT2D eigenvalue weighted by Crippen LogP contribution is -2.59. The number of carbonyl (C=O) groups excluding carboxylic acids is 5. The maximum absolute atomic E-state index is 14.4. The van der Waals surface area contributed by atoms with E-state index in [1.165, 1.54) is 17.0 Å². The highest BCUT2D eigenvalue weighted by atomic mass is 19.4. The van der Waals surface area contributed by atoms with Gasteiger partial charge in [0, 0.05) is 44.6 Å². The van der Waals surface area contributed by atoms with E-state index in [0.717, 1.165) is 0 Å². The molecule has 420 valence electrons. The molecule has 0 fully saturated rings. The van der Waals surface area contributed by atoms with Crippen LogP contribution in [0.25, 0.3) is 11.1 Å². The van der Waals surface area contributed by atoms with Gasteiger partial charge < -0.3 is 79.0 Å². The van der Waals surface area contributed by atoms with Crippen LogP contribution < -0.4 is 43.8 Å². The number of carboxylic acid groups (broad SMARTS) is 3. The monoisotopic (exact) mass is 1080 g/mol. The normalized spacial score (nSPS) is 16.4. The lowest BCUT2D eigenvalue weighted by atomic mass is 9.95. The Hall–Kier alpha value is -7.79. The number of phenolic OH excluding ortho intramolecular Hbond substituents is 2. The van der Waals surface area contributed by atoms with Gasteiger partial charge in [-0.3, -0.25) is 24.2 Å². The average Bonchev–Trinajstić information content (AvgIpc) is 3.26. The number of halogens is 6. The molecule has 6 amide bonds. The predicted molar refractivity (Wildman–Crippen MR) is 255 cm³/mol. The van der Waals surface area contributed by atoms with Crippen molar-refractivity contribution in [3.05, 3.63) is 47.5 Å². The van der Waals surface area contributed by atoms with Gasteiger partial charge in [0.15, 0.2) is 5.96 Å². The summed E-state index contributed by atoms with van der Waals surface area (Å²) >= 11 is 0. The molecule has 0 saturated carbocycles. The lowest BCUT2D eigenvalue weighted by Gasteiger charge is -2.33. The topological polar surface area (TPSA) is 401 Å². The average molecular weight is 1080 g/mol. The van der Waals surface area contributed by atoms with Crippen molar-refractivity contribution in [2.75, 3.05) is 26.2 Å². The Bertz CT molecular complexity index is 2330. The Balaban J connectivity index is 0.00000175. The van der Waals surface area contributed by atoms with Crippen LogP contribution in [0.15, 0.2) is 41.4 Å². The van der Waals surface area contributed by atoms with Crippen LogP contribution in [0.4, 0.5) is 35.9 Å². The van der Waals surface area contributed by atoms with Gasteiger partial charge in [0.1, 0.15) is 41.3 Å². The first-order chi connectivity index (χ1) is 34.4. The summed E-state index contributed by atoms with van der Waals surface area (Å²) in [6.07, 6.45) is -12.6. The molecule has 1 aliphatic rings. The van der Waals surface area contributed by atoms with Gasteiger partial charge in [0.05, 0.1) is 0 Å². The van der Waals surface area contributed by atoms with Crippen LogP contribution in [-0.2, 0) is 46.3 Å². The zero-order chi connectivity index (χ0) is 57.8. The molecular weight excluding hydrogens is 1020 g/mol. The molecule has 0 aliphatic carbocycles. The van der Waals surface area contributed by atoms with Crippen molar-refractivity contribution in [3.8, 4) is 22.6 Å². The van der Waals surface area contributed by atoms with Gasteiger partial charge in [-0.25, -0.2) is 19.2 Å². The van der Waals surface area contributed by atoms with Gasteiger partial charge in [-0.2, -0.15) is 26.3 Å². The number of carbonyl (C=O) groups is 8. The van der Waals surface area contributed by atoms with Crippen LogP contribution >= 0.6 is 0 Å². The van der Waals surface area contributed by atoms with E-state index in [2.05, 4.69) is 31.6 Å². The number of fused-ring (bicyclic) bond motifs is 5. The number of aliphatic imine (C=N–C) groups is 1. The Kier molecular flexibility index (Phi) is 24.9. The van der Waals surface area contributed by atoms with E-state index in [4.69, 9.17) is 41.7 Å². The number of carboxylic acids is 2. The fourth-order valence-electron chi connectivity index (χ4n) is 6.51. The Morgan fingerprint density at radius 2 is 1.31 bits per heavy atom. The molecule has 0 radical (unpaired) electrons. The van der Waals surface area contributed by atoms with E-state index in [1.807, 2.05) is 0 Å². The van der Waals surface area contributed by atoms with E-state index in [0.29, 0.717) is 11.1 Å². The van der Waals surface area contributed by atoms with Gasteiger partial charge in [-0.1, -0.05) is 12.1 Å². The van der Waals surface area contributed by atoms with Gasteiger partial charge in [-0.15, -0.1) is 0 Å². The molecule has 0 saturated heterocycles. The minimum absolute atomic E-state index is 0.0389. The van der Waals surface area contributed by atoms with Gasteiger partial charge in [-0.05, 0) is 114 Å². The fourth-order valence-corrected chi connectivity index (χ4v) is 6.51. The SMILES string of the molecule is CC(C)(C)OC(=O)N[C@H]1Cc2cc(ccc2O)-c2ccc(O)c(c2)C[C@@H](C(=O)N[C@@H](CCCN=C(N)N)C(=O)NCCN)NC(=O)[C@H](CCCN(C(=O)O)C(C)(C)C)NC1=O.O=C(O)C(F)(F)F.O=C(O)C(F)(F)F. The minimum atomic E-state index is -5.08. The van der Waals surface area contributed by atoms with Crippen LogP contribution in [0, 0.1) is 0 Å². The molecular formula is C45H64F6N10O14. The summed E-state index contributed by atoms with van der Waals surface area (Å²) in [5.74, 6) is -9.17. The third-order valence-electron chi connectivity index (χ3n) is 10.0. The van der Waals surface area contributed by atoms with E-state index in [-0.39, 0.29) is 93.3 Å². The van der Waals surface area contributed by atoms with E-state index < -0.39 is 95.4 Å². The Morgan fingerprint density at radius 1 is 0.800 bits per heavy atom. The molecule has 1 aliphatic heterocycles. The molecule has 4 atom stereocenters. The van der Waals surface area contributed by atoms with Crippen LogP contribution in [0.5, 0.6) is 11.5 Å². The highest BCUT2D eigenvalue weighted by Crippen LogP contribution is 2.31. The van der Waals surface area contributed by atoms with Crippen molar-refractivity contribution in [3.63, 3.8) is 0 Å². The van der Waals surface area contributed by atoms with Crippen LogP contribution in [0.3, 0.4) is 0 Å². The second-order valence-corrected chi connectivity index (χ2v) is 18.4. The van der Waals surface area contributed by atoms with Crippen molar-refractivity contribution in [2.24, 2.45) is 22.2 Å². The van der Waals surface area contributed by atoms with Gasteiger partial charge in [0.2, 0.25) is 23.6 Å². The maximum atomic E-state index is 14.4. The number of guanidine groups is 1. The molecule has 4 bridgehead atoms. The van der Waals surface area contributed by atoms with Crippen molar-refractivity contribution in [1.29, 1.82) is 0 Å². The number of ether oxygens (including phenoxy) is 1. The number of aliphatic carboxylic acids is 2. The number of alkyl carbamates (subject to hydrolysis) is 1. The van der Waals surface area contributed by atoms with E-state index >= 15 is 0 Å². The molecule has 2 aromatic rings. The van der Waals surface area contributed by atoms with Gasteiger partial charge >= 0.3 is 36.5 Å². The molecule has 24 nitrogen and oxygen atoms in total. The summed E-state index contributed by atoms with van der Waals surface area (Å²) in [5, 5.41) is 59.4. The minimum Gasteiger partial charge on any atom is -0.508 e. The van der Waals surface area contributed by atoms with Crippen LogP contribution in [-0.4, -0.2) is 158 Å². The van der Waals surface area contributed by atoms with Crippen molar-refractivity contribution >= 4 is 53.7 Å². The van der Waals surface area contributed by atoms with Crippen molar-refractivity contribution < 1.29 is 95.0 Å². The number of aromatic hydroxyl groups is 2. The summed E-state index contributed by atoms with van der Waals surface area (Å²) in [5.41, 5.74) is 16.3. The zero-order valence-electron chi connectivity index (χ0n) is 41.6. The molecule has 30 heteroatoms. The number of nitrogens with two attached hydrogens (primary N) is 3. The fraction of sp³-hybridized carbons (Fsp3) is 0.533. The quantitative estimate of drug-likeness (QED) is 0.0558. The summed E-state index contributed by atoms with van der Waals surface area (Å²) in [4.78, 5) is 104. The van der Waals surface area contributed by atoms with Crippen LogP contribution in [0.2, 0.25) is 0 Å². The molecule has 0 unspecified atom stereocenters. The molecule has 0 aromatic heterocycles. The number of alkyl halides is 6. The summed E-state index contributed by atoms with van der Waals surface area (Å²) in [6, 6.07) is 3.80. The second-order valence-electron chi connectivity index (χ2n) is 18.4. The largest absolute Gasteiger partial charge is 0.508 e. The number of amides is 6. The first-order valence-electron chi connectivity index (χ1n) is 22.6. The lowest BCUT2D eigenvalue weighted by molar-refractivity contribution is -0.193. The highest BCUT2D eigenvalue weighted by Gasteiger charge is 2.39. The van der Waals surface area contributed by atoms with E-state index in [1.54, 1.807) is 65.8 Å². The number of benzene rings is 2. The predicted octanol–water partition coefficient (Wildman–Crippen LogP) is 2.16. The van der Waals surface area contributed by atoms with Crippen molar-refractivity contribution in [1.82, 2.24) is 31.5 Å². The van der Waals surface area contributed by atoms with Crippen molar-refractivity contribution in [2.45, 2.75) is 128 Å². The maximum Gasteiger partial charge on any atom is 0.490 e. The molecule has 75 heavy (non-hydrogen) atoms. The highest BCUT2D eigenvalue weighted by molar-refractivity contribution is 5.95. The first-order valence-corrected chi connectivity index (χ1v) is 22.6. The third kappa shape index (κ3) is 24.2. The Morgan fingerprint density at radius 3 is 1.75 bits per heavy atom. The standard InChI is InChI=1S/C41H62N10O10.2C2HF3O2/c1-40(2,3)51(39(59)60)18-8-10-28-34(55)49-29(35(56)47-27(33(54)45-17-15-42)9-7-16-46-37(43)44)21-25-19-23(11-13-31(25)52)24-12-14-32(53)26(20-24)22-30(36(57)48-28)50-38(58)61-41(4,5)6;2*3-2(4,5)1(6)7/h11-14,19-20,27-30,52-53H,7-10,15-18,21-22,42H2,1-6H3,(H,45,54)(H,47,56)(H,48,57)(H,49,55)(H,50,58)(H,59,60)(H4,43,44,46);2*(H,6,7)/t27-,28-,29-,30-;;/m0../s1. The molecule has 3 rings (SSSR count). The smallest absolute Gasteiger partial charge is 0.490 e. The second kappa shape index (κ2) is 28.6. The third-order valence-corrected chi connectivity index (χ3v) is 10.0. The van der Waals surface area contributed by atoms with Gasteiger partial charge in [0.25, 0.3) is 0 Å². The number of rotatable bonds is 14. The number of hydrogen-bond donors (Lipinski definition) is 13. The summed E-state index contributed by atoms with van der Waals surface area (Å²) in [6.45, 7) is 10.4. The first kappa shape index (κ1) is 65.2. The molecule has 2 aromatic carbocycles. The molecule has 0 spiro atoms. The molecule has 1 heterocycles. The zero-order valence-corrected chi connectivity index (χ0v) is 41.6. The van der Waals surface area contributed by atoms with E-state index in [9.17, 15) is 70.4 Å². The number of nitrogens with one attached hydrogen (secondary N) is 5.